The van der Waals surface area contributed by atoms with Crippen LogP contribution in [0, 0.1) is 0 Å². The number of carbonyl (C=O) groups is 1. The highest BCUT2D eigenvalue weighted by atomic mass is 16.1. The molecule has 0 spiro atoms. The number of benzene rings is 1. The Balaban J connectivity index is 2.23. The Hall–Kier alpha value is -1.90. The normalized spacial score (nSPS) is 14.9. The first-order valence-corrected chi connectivity index (χ1v) is 5.49. The summed E-state index contributed by atoms with van der Waals surface area (Å²) >= 11 is 0. The molecule has 3 heteroatoms. The lowest BCUT2D eigenvalue weighted by atomic mass is 9.89. The molecule has 0 saturated carbocycles. The lowest BCUT2D eigenvalue weighted by molar-refractivity contribution is 0.0972. The van der Waals surface area contributed by atoms with Gasteiger partial charge in [-0.2, -0.15) is 0 Å². The van der Waals surface area contributed by atoms with Crippen molar-refractivity contribution in [3.8, 4) is 5.69 Å². The molecule has 3 nitrogen and oxygen atoms in total. The van der Waals surface area contributed by atoms with Gasteiger partial charge in [0.15, 0.2) is 5.78 Å². The van der Waals surface area contributed by atoms with Gasteiger partial charge < -0.3 is 4.57 Å². The van der Waals surface area contributed by atoms with Crippen LogP contribution in [0.1, 0.15) is 28.8 Å². The Morgan fingerprint density at radius 2 is 2.19 bits per heavy atom. The average molecular weight is 212 g/mol. The topological polar surface area (TPSA) is 34.9 Å². The van der Waals surface area contributed by atoms with Gasteiger partial charge in [0.2, 0.25) is 0 Å². The molecule has 0 aliphatic heterocycles. The number of aromatic nitrogens is 2. The third-order valence-corrected chi connectivity index (χ3v) is 3.04. The van der Waals surface area contributed by atoms with E-state index in [1.807, 2.05) is 29.0 Å². The fourth-order valence-electron chi connectivity index (χ4n) is 2.30. The van der Waals surface area contributed by atoms with E-state index in [4.69, 9.17) is 0 Å². The predicted octanol–water partition coefficient (Wildman–Crippen LogP) is 2.39. The highest BCUT2D eigenvalue weighted by Gasteiger charge is 2.20. The van der Waals surface area contributed by atoms with Crippen LogP contribution in [0.15, 0.2) is 36.9 Å². The molecule has 2 aromatic rings. The molecule has 3 rings (SSSR count). The Bertz CT molecular complexity index is 529. The maximum absolute atomic E-state index is 12.0. The van der Waals surface area contributed by atoms with Crippen molar-refractivity contribution in [2.24, 2.45) is 0 Å². The van der Waals surface area contributed by atoms with Gasteiger partial charge in [-0.1, -0.05) is 12.1 Å². The van der Waals surface area contributed by atoms with E-state index in [9.17, 15) is 4.79 Å². The standard InChI is InChI=1S/C13H12N2O/c16-12-6-2-4-10-3-1-5-11(13(10)12)15-8-7-14-9-15/h1,3,5,7-9H,2,4,6H2. The van der Waals surface area contributed by atoms with Crippen molar-refractivity contribution in [3.05, 3.63) is 48.0 Å². The molecule has 0 bridgehead atoms. The largest absolute Gasteiger partial charge is 0.306 e. The van der Waals surface area contributed by atoms with Crippen molar-refractivity contribution in [1.82, 2.24) is 9.55 Å². The van der Waals surface area contributed by atoms with Crippen LogP contribution < -0.4 is 0 Å². The molecule has 0 N–H and O–H groups in total. The molecule has 0 fully saturated rings. The zero-order chi connectivity index (χ0) is 11.0. The lowest BCUT2D eigenvalue weighted by Gasteiger charge is -2.18. The maximum atomic E-state index is 12.0. The van der Waals surface area contributed by atoms with Gasteiger partial charge in [0.1, 0.15) is 0 Å². The van der Waals surface area contributed by atoms with Gasteiger partial charge in [-0.15, -0.1) is 0 Å². The van der Waals surface area contributed by atoms with Crippen molar-refractivity contribution in [2.75, 3.05) is 0 Å². The van der Waals surface area contributed by atoms with E-state index < -0.39 is 0 Å². The molecule has 16 heavy (non-hydrogen) atoms. The molecular weight excluding hydrogens is 200 g/mol. The third kappa shape index (κ3) is 1.36. The Morgan fingerprint density at radius 3 is 3.00 bits per heavy atom. The summed E-state index contributed by atoms with van der Waals surface area (Å²) in [5.74, 6) is 0.255. The lowest BCUT2D eigenvalue weighted by Crippen LogP contribution is -2.14. The molecule has 0 atom stereocenters. The van der Waals surface area contributed by atoms with E-state index in [-0.39, 0.29) is 5.78 Å². The van der Waals surface area contributed by atoms with Crippen LogP contribution in [0.5, 0.6) is 0 Å². The number of hydrogen-bond donors (Lipinski definition) is 0. The summed E-state index contributed by atoms with van der Waals surface area (Å²) in [5, 5.41) is 0. The van der Waals surface area contributed by atoms with E-state index in [1.165, 1.54) is 5.56 Å². The van der Waals surface area contributed by atoms with Gasteiger partial charge in [-0.25, -0.2) is 4.98 Å². The highest BCUT2D eigenvalue weighted by molar-refractivity contribution is 6.01. The van der Waals surface area contributed by atoms with Crippen LogP contribution in [0.3, 0.4) is 0 Å². The molecule has 1 heterocycles. The van der Waals surface area contributed by atoms with E-state index >= 15 is 0 Å². The van der Waals surface area contributed by atoms with Crippen molar-refractivity contribution < 1.29 is 4.79 Å². The minimum Gasteiger partial charge on any atom is -0.306 e. The van der Waals surface area contributed by atoms with Gasteiger partial charge in [0, 0.05) is 24.4 Å². The van der Waals surface area contributed by atoms with E-state index in [2.05, 4.69) is 4.98 Å². The van der Waals surface area contributed by atoms with E-state index in [0.717, 1.165) is 24.1 Å². The number of imidazole rings is 1. The monoisotopic (exact) mass is 212 g/mol. The zero-order valence-electron chi connectivity index (χ0n) is 8.89. The summed E-state index contributed by atoms with van der Waals surface area (Å²) in [6.07, 6.45) is 7.98. The van der Waals surface area contributed by atoms with Crippen molar-refractivity contribution >= 4 is 5.78 Å². The molecule has 1 aliphatic carbocycles. The fourth-order valence-corrected chi connectivity index (χ4v) is 2.30. The number of rotatable bonds is 1. The Labute approximate surface area is 93.7 Å². The average Bonchev–Trinajstić information content (AvgIpc) is 2.82. The number of Topliss-reactive ketones (excluding diaryl/α,β-unsaturated/α-hetero) is 1. The summed E-state index contributed by atoms with van der Waals surface area (Å²) in [5.41, 5.74) is 3.01. The molecule has 80 valence electrons. The van der Waals surface area contributed by atoms with Crippen molar-refractivity contribution in [3.63, 3.8) is 0 Å². The molecule has 1 aliphatic rings. The second-order valence-electron chi connectivity index (χ2n) is 4.06. The summed E-state index contributed by atoms with van der Waals surface area (Å²) in [7, 11) is 0. The van der Waals surface area contributed by atoms with Crippen LogP contribution >= 0.6 is 0 Å². The molecule has 1 aromatic heterocycles. The number of carbonyl (C=O) groups excluding carboxylic acids is 1. The van der Waals surface area contributed by atoms with Gasteiger partial charge in [0.25, 0.3) is 0 Å². The number of nitrogens with zero attached hydrogens (tertiary/aromatic N) is 2. The summed E-state index contributed by atoms with van der Waals surface area (Å²) in [4.78, 5) is 16.0. The van der Waals surface area contributed by atoms with Gasteiger partial charge in [-0.05, 0) is 24.5 Å². The van der Waals surface area contributed by atoms with Crippen molar-refractivity contribution in [2.45, 2.75) is 19.3 Å². The zero-order valence-corrected chi connectivity index (χ0v) is 8.89. The van der Waals surface area contributed by atoms with Crippen LogP contribution in [-0.2, 0) is 6.42 Å². The molecule has 0 radical (unpaired) electrons. The fraction of sp³-hybridized carbons (Fsp3) is 0.231. The molecule has 0 unspecified atom stereocenters. The van der Waals surface area contributed by atoms with Gasteiger partial charge >= 0.3 is 0 Å². The quantitative estimate of drug-likeness (QED) is 0.727. The van der Waals surface area contributed by atoms with Crippen LogP contribution in [0.2, 0.25) is 0 Å². The number of fused-ring (bicyclic) bond motifs is 1. The summed E-state index contributed by atoms with van der Waals surface area (Å²) in [6, 6.07) is 6.03. The smallest absolute Gasteiger partial charge is 0.165 e. The number of hydrogen-bond acceptors (Lipinski definition) is 2. The van der Waals surface area contributed by atoms with Gasteiger partial charge in [-0.3, -0.25) is 4.79 Å². The van der Waals surface area contributed by atoms with E-state index in [0.29, 0.717) is 6.42 Å². The Kier molecular flexibility index (Phi) is 2.10. The summed E-state index contributed by atoms with van der Waals surface area (Å²) in [6.45, 7) is 0. The molecule has 1 aromatic carbocycles. The van der Waals surface area contributed by atoms with Gasteiger partial charge in [0.05, 0.1) is 12.0 Å². The van der Waals surface area contributed by atoms with Crippen LogP contribution in [0.25, 0.3) is 5.69 Å². The maximum Gasteiger partial charge on any atom is 0.165 e. The third-order valence-electron chi connectivity index (χ3n) is 3.04. The molecular formula is C13H12N2O. The summed E-state index contributed by atoms with van der Waals surface area (Å²) < 4.78 is 1.90. The molecule has 0 saturated heterocycles. The first-order chi connectivity index (χ1) is 7.86. The second-order valence-corrected chi connectivity index (χ2v) is 4.06. The number of aryl methyl sites for hydroxylation is 1. The van der Waals surface area contributed by atoms with Crippen LogP contribution in [-0.4, -0.2) is 15.3 Å². The first kappa shape index (κ1) is 9.33. The predicted molar refractivity (Wildman–Crippen MR) is 60.8 cm³/mol. The SMILES string of the molecule is O=C1CCCc2cccc(-n3ccnc3)c21. The Morgan fingerprint density at radius 1 is 1.25 bits per heavy atom. The highest BCUT2D eigenvalue weighted by Crippen LogP contribution is 2.26. The molecule has 0 amide bonds. The second kappa shape index (κ2) is 3.59. The minimum atomic E-state index is 0.255. The van der Waals surface area contributed by atoms with Crippen molar-refractivity contribution in [1.29, 1.82) is 0 Å². The first-order valence-electron chi connectivity index (χ1n) is 5.49. The number of ketones is 1. The van der Waals surface area contributed by atoms with E-state index in [1.54, 1.807) is 12.5 Å². The van der Waals surface area contributed by atoms with Crippen LogP contribution in [0.4, 0.5) is 0 Å². The minimum absolute atomic E-state index is 0.255.